The first-order valence-electron chi connectivity index (χ1n) is 7.26. The lowest BCUT2D eigenvalue weighted by Gasteiger charge is -2.45. The number of amides is 1. The first-order valence-corrected chi connectivity index (χ1v) is 7.26. The van der Waals surface area contributed by atoms with Crippen molar-refractivity contribution in [3.63, 3.8) is 0 Å². The zero-order valence-electron chi connectivity index (χ0n) is 11.8. The second-order valence-electron chi connectivity index (χ2n) is 6.09. The Morgan fingerprint density at radius 3 is 2.50 bits per heavy atom. The molecule has 1 amide bonds. The van der Waals surface area contributed by atoms with Crippen molar-refractivity contribution in [1.29, 1.82) is 0 Å². The molecule has 3 rings (SSSR count). The van der Waals surface area contributed by atoms with Gasteiger partial charge in [0.2, 0.25) is 0 Å². The molecule has 3 N–H and O–H groups in total. The van der Waals surface area contributed by atoms with Crippen LogP contribution in [-0.4, -0.2) is 18.0 Å². The van der Waals surface area contributed by atoms with Gasteiger partial charge in [-0.25, -0.2) is 0 Å². The smallest absolute Gasteiger partial charge is 0.287 e. The summed E-state index contributed by atoms with van der Waals surface area (Å²) in [5.74, 6) is 2.21. The fraction of sp³-hybridized carbons (Fsp3) is 0.667. The summed E-state index contributed by atoms with van der Waals surface area (Å²) in [6.45, 7) is 1.85. The summed E-state index contributed by atoms with van der Waals surface area (Å²) in [6, 6.07) is 4.17. The van der Waals surface area contributed by atoms with Crippen molar-refractivity contribution in [1.82, 2.24) is 5.32 Å². The average Bonchev–Trinajstić information content (AvgIpc) is 2.77. The van der Waals surface area contributed by atoms with Gasteiger partial charge in [0, 0.05) is 12.1 Å². The highest BCUT2D eigenvalue weighted by molar-refractivity contribution is 5.91. The van der Waals surface area contributed by atoms with Crippen molar-refractivity contribution in [2.24, 2.45) is 17.6 Å². The molecule has 2 atom stereocenters. The molecule has 2 aliphatic rings. The molecule has 2 unspecified atom stereocenters. The summed E-state index contributed by atoms with van der Waals surface area (Å²) in [4.78, 5) is 12.2. The molecule has 2 bridgehead atoms. The number of fused-ring (bicyclic) bond motifs is 2. The summed E-state index contributed by atoms with van der Waals surface area (Å²) in [5, 5.41) is 3.18. The van der Waals surface area contributed by atoms with Gasteiger partial charge in [-0.05, 0) is 56.6 Å². The zero-order chi connectivity index (χ0) is 13.4. The van der Waals surface area contributed by atoms with Crippen molar-refractivity contribution in [2.45, 2.75) is 51.1 Å². The molecule has 20 heavy (non-hydrogen) atoms. The van der Waals surface area contributed by atoms with Gasteiger partial charge in [0.1, 0.15) is 5.76 Å². The molecule has 2 aliphatic carbocycles. The van der Waals surface area contributed by atoms with Gasteiger partial charge in [-0.15, -0.1) is 12.4 Å². The van der Waals surface area contributed by atoms with Crippen LogP contribution in [0.5, 0.6) is 0 Å². The summed E-state index contributed by atoms with van der Waals surface area (Å²) >= 11 is 0. The normalized spacial score (nSPS) is 32.3. The number of rotatable bonds is 2. The van der Waals surface area contributed by atoms with Gasteiger partial charge in [0.15, 0.2) is 5.76 Å². The van der Waals surface area contributed by atoms with Gasteiger partial charge in [0.25, 0.3) is 5.91 Å². The van der Waals surface area contributed by atoms with Crippen LogP contribution in [0, 0.1) is 18.8 Å². The third-order valence-corrected chi connectivity index (χ3v) is 4.64. The van der Waals surface area contributed by atoms with Crippen LogP contribution in [0.25, 0.3) is 0 Å². The lowest BCUT2D eigenvalue weighted by Crippen LogP contribution is -2.53. The number of carbonyl (C=O) groups is 1. The Morgan fingerprint density at radius 1 is 1.30 bits per heavy atom. The van der Waals surface area contributed by atoms with E-state index in [1.54, 1.807) is 6.07 Å². The third kappa shape index (κ3) is 3.01. The van der Waals surface area contributed by atoms with Gasteiger partial charge in [-0.1, -0.05) is 6.42 Å². The third-order valence-electron chi connectivity index (χ3n) is 4.64. The second kappa shape index (κ2) is 6.19. The number of carbonyl (C=O) groups excluding carboxylic acids is 1. The average molecular weight is 299 g/mol. The topological polar surface area (TPSA) is 68.3 Å². The molecule has 1 aromatic heterocycles. The highest BCUT2D eigenvalue weighted by Crippen LogP contribution is 2.39. The summed E-state index contributed by atoms with van der Waals surface area (Å²) in [5.41, 5.74) is 6.10. The Bertz CT molecular complexity index is 460. The Labute approximate surface area is 125 Å². The Morgan fingerprint density at radius 2 is 1.95 bits per heavy atom. The SMILES string of the molecule is Cc1ccc(C(=O)NC2C3CCCC2CC(N)C3)o1.Cl. The molecule has 1 heterocycles. The van der Waals surface area contributed by atoms with E-state index >= 15 is 0 Å². The van der Waals surface area contributed by atoms with Crippen LogP contribution >= 0.6 is 12.4 Å². The van der Waals surface area contributed by atoms with Crippen LogP contribution in [0.4, 0.5) is 0 Å². The Kier molecular flexibility index (Phi) is 4.76. The fourth-order valence-electron chi connectivity index (χ4n) is 3.80. The minimum Gasteiger partial charge on any atom is -0.456 e. The van der Waals surface area contributed by atoms with Crippen LogP contribution in [-0.2, 0) is 0 Å². The van der Waals surface area contributed by atoms with E-state index in [2.05, 4.69) is 5.32 Å². The van der Waals surface area contributed by atoms with Crippen LogP contribution in [0.1, 0.15) is 48.4 Å². The maximum atomic E-state index is 12.2. The van der Waals surface area contributed by atoms with E-state index in [1.165, 1.54) is 19.3 Å². The highest BCUT2D eigenvalue weighted by Gasteiger charge is 2.40. The van der Waals surface area contributed by atoms with E-state index in [-0.39, 0.29) is 24.4 Å². The maximum absolute atomic E-state index is 12.2. The summed E-state index contributed by atoms with van der Waals surface area (Å²) < 4.78 is 5.39. The van der Waals surface area contributed by atoms with Gasteiger partial charge in [0.05, 0.1) is 0 Å². The molecule has 2 fully saturated rings. The van der Waals surface area contributed by atoms with E-state index in [0.717, 1.165) is 18.6 Å². The number of hydrogen-bond donors (Lipinski definition) is 2. The van der Waals surface area contributed by atoms with E-state index in [4.69, 9.17) is 10.2 Å². The molecular formula is C15H23ClN2O2. The predicted molar refractivity (Wildman–Crippen MR) is 80.0 cm³/mol. The highest BCUT2D eigenvalue weighted by atomic mass is 35.5. The number of hydrogen-bond acceptors (Lipinski definition) is 3. The molecule has 0 aliphatic heterocycles. The van der Waals surface area contributed by atoms with Crippen LogP contribution in [0.15, 0.2) is 16.5 Å². The van der Waals surface area contributed by atoms with Crippen LogP contribution in [0.3, 0.4) is 0 Å². The first kappa shape index (κ1) is 15.4. The van der Waals surface area contributed by atoms with E-state index in [1.807, 2.05) is 13.0 Å². The second-order valence-corrected chi connectivity index (χ2v) is 6.09. The van der Waals surface area contributed by atoms with Gasteiger partial charge in [-0.2, -0.15) is 0 Å². The Balaban J connectivity index is 0.00000147. The number of nitrogens with two attached hydrogens (primary N) is 1. The van der Waals surface area contributed by atoms with Crippen molar-refractivity contribution < 1.29 is 9.21 Å². The number of furan rings is 1. The predicted octanol–water partition coefficient (Wildman–Crippen LogP) is 2.65. The number of nitrogens with one attached hydrogen (secondary N) is 1. The molecule has 1 aromatic rings. The van der Waals surface area contributed by atoms with Crippen LogP contribution in [0.2, 0.25) is 0 Å². The van der Waals surface area contributed by atoms with Crippen LogP contribution < -0.4 is 11.1 Å². The minimum absolute atomic E-state index is 0. The van der Waals surface area contributed by atoms with Crippen molar-refractivity contribution in [3.8, 4) is 0 Å². The van der Waals surface area contributed by atoms with Gasteiger partial charge in [-0.3, -0.25) is 4.79 Å². The standard InChI is InChI=1S/C15H22N2O2.ClH/c1-9-5-6-13(19-9)15(18)17-14-10-3-2-4-11(14)8-12(16)7-10;/h5-6,10-12,14H,2-4,7-8,16H2,1H3,(H,17,18);1H. The minimum atomic E-state index is -0.0783. The molecule has 4 nitrogen and oxygen atoms in total. The maximum Gasteiger partial charge on any atom is 0.287 e. The molecule has 0 saturated heterocycles. The van der Waals surface area contributed by atoms with Crippen molar-refractivity contribution in [3.05, 3.63) is 23.7 Å². The zero-order valence-corrected chi connectivity index (χ0v) is 12.6. The van der Waals surface area contributed by atoms with Crippen molar-refractivity contribution in [2.75, 3.05) is 0 Å². The molecule has 5 heteroatoms. The van der Waals surface area contributed by atoms with E-state index in [9.17, 15) is 4.79 Å². The molecule has 112 valence electrons. The molecule has 0 aromatic carbocycles. The molecule has 0 spiro atoms. The molecular weight excluding hydrogens is 276 g/mol. The number of halogens is 1. The van der Waals surface area contributed by atoms with Gasteiger partial charge < -0.3 is 15.5 Å². The quantitative estimate of drug-likeness (QED) is 0.882. The number of aryl methyl sites for hydroxylation is 1. The largest absolute Gasteiger partial charge is 0.456 e. The fourth-order valence-corrected chi connectivity index (χ4v) is 3.80. The molecule has 0 radical (unpaired) electrons. The lowest BCUT2D eigenvalue weighted by molar-refractivity contribution is 0.0731. The van der Waals surface area contributed by atoms with E-state index < -0.39 is 0 Å². The lowest BCUT2D eigenvalue weighted by atomic mass is 9.67. The summed E-state index contributed by atoms with van der Waals surface area (Å²) in [6.07, 6.45) is 5.73. The Hall–Kier alpha value is -1.00. The first-order chi connectivity index (χ1) is 9.13. The monoisotopic (exact) mass is 298 g/mol. The molecule has 2 saturated carbocycles. The van der Waals surface area contributed by atoms with Crippen molar-refractivity contribution >= 4 is 18.3 Å². The van der Waals surface area contributed by atoms with E-state index in [0.29, 0.717) is 23.6 Å². The van der Waals surface area contributed by atoms with Gasteiger partial charge >= 0.3 is 0 Å². The summed E-state index contributed by atoms with van der Waals surface area (Å²) in [7, 11) is 0.